The number of unbranched alkanes of at least 4 members (excludes halogenated alkanes) is 48. The fourth-order valence-electron chi connectivity index (χ4n) is 15.5. The molecule has 3 saturated heterocycles. The monoisotopic (exact) mass is 1580 g/mol. The van der Waals surface area contributed by atoms with Crippen LogP contribution in [0, 0.1) is 0 Å². The van der Waals surface area contributed by atoms with Crippen molar-refractivity contribution in [1.29, 1.82) is 0 Å². The molecule has 0 saturated carbocycles. The minimum Gasteiger partial charge on any atom is -0.477 e. The molecule has 3 aliphatic heterocycles. The Morgan fingerprint density at radius 1 is 0.477 bits per heavy atom. The van der Waals surface area contributed by atoms with Crippen molar-refractivity contribution < 1.29 is 104 Å². The van der Waals surface area contributed by atoms with Crippen molar-refractivity contribution >= 4 is 17.8 Å². The van der Waals surface area contributed by atoms with E-state index >= 15 is 0 Å². The molecule has 14 N–H and O–H groups in total. The number of hydrogen-bond acceptors (Lipinski definition) is 20. The van der Waals surface area contributed by atoms with Crippen molar-refractivity contribution in [2.24, 2.45) is 0 Å². The van der Waals surface area contributed by atoms with E-state index in [0.29, 0.717) is 12.8 Å². The summed E-state index contributed by atoms with van der Waals surface area (Å²) >= 11 is 0. The fourth-order valence-corrected chi connectivity index (χ4v) is 15.5. The molecule has 0 aromatic rings. The first-order valence-electron chi connectivity index (χ1n) is 44.9. The van der Waals surface area contributed by atoms with Crippen molar-refractivity contribution in [2.75, 3.05) is 26.4 Å². The van der Waals surface area contributed by atoms with Gasteiger partial charge in [0.15, 0.2) is 12.6 Å². The summed E-state index contributed by atoms with van der Waals surface area (Å²) in [6.45, 7) is 2.19. The molecule has 0 spiro atoms. The number of amides is 2. The van der Waals surface area contributed by atoms with Gasteiger partial charge in [-0.3, -0.25) is 9.59 Å². The number of allylic oxidation sites excluding steroid dienone is 5. The third kappa shape index (κ3) is 44.9. The van der Waals surface area contributed by atoms with Gasteiger partial charge in [0, 0.05) is 19.8 Å². The molecule has 0 bridgehead atoms. The van der Waals surface area contributed by atoms with Crippen molar-refractivity contribution in [3.63, 3.8) is 0 Å². The lowest BCUT2D eigenvalue weighted by Gasteiger charge is -2.50. The third-order valence-corrected chi connectivity index (χ3v) is 22.6. The quantitative estimate of drug-likeness (QED) is 0.0199. The van der Waals surface area contributed by atoms with Crippen LogP contribution >= 0.6 is 0 Å². The fraction of sp³-hybridized carbons (Fsp3) is 0.898. The Kier molecular flexibility index (Phi) is 60.7. The summed E-state index contributed by atoms with van der Waals surface area (Å²) in [5, 5.41) is 137. The molecule has 18 atom stereocenters. The van der Waals surface area contributed by atoms with E-state index in [2.05, 4.69) is 48.8 Å². The Morgan fingerprint density at radius 3 is 1.27 bits per heavy atom. The van der Waals surface area contributed by atoms with E-state index in [1.165, 1.54) is 270 Å². The SMILES string of the molecule is CCCCCCCCCCCCCCCCC/C=C\C/C=C\CCCCCCCCCCCCCCCCCCCC(=O)NC(COC1OC(CO)C(OC2OC(CO)C(O)C(OC3(C(=O)O)CC(O)C(NC(C)=O)C(C(O)C(O)CO)O3)C2O)C(O)C1O)C(O)/C=C/CCCCCCCCCCCCCCCCCC. The molecule has 0 aliphatic carbocycles. The van der Waals surface area contributed by atoms with Gasteiger partial charge in [0.25, 0.3) is 5.79 Å². The van der Waals surface area contributed by atoms with Gasteiger partial charge >= 0.3 is 5.97 Å². The van der Waals surface area contributed by atoms with Gasteiger partial charge in [0.1, 0.15) is 67.1 Å². The summed E-state index contributed by atoms with van der Waals surface area (Å²) in [5.74, 6) is -6.14. The highest BCUT2D eigenvalue weighted by molar-refractivity contribution is 5.77. The highest BCUT2D eigenvalue weighted by Gasteiger charge is 2.60. The number of ether oxygens (including phenoxy) is 6. The Bertz CT molecular complexity index is 2340. The minimum atomic E-state index is -3.08. The first-order valence-corrected chi connectivity index (χ1v) is 44.9. The number of nitrogens with one attached hydrogen (secondary N) is 2. The van der Waals surface area contributed by atoms with Crippen molar-refractivity contribution in [3.05, 3.63) is 36.5 Å². The maximum absolute atomic E-state index is 13.6. The van der Waals surface area contributed by atoms with Crippen molar-refractivity contribution in [3.8, 4) is 0 Å². The highest BCUT2D eigenvalue weighted by atomic mass is 16.8. The zero-order chi connectivity index (χ0) is 81.0. The lowest BCUT2D eigenvalue weighted by molar-refractivity contribution is -0.386. The largest absolute Gasteiger partial charge is 0.477 e. The molecule has 0 radical (unpaired) electrons. The number of hydrogen-bond donors (Lipinski definition) is 14. The molecule has 23 nitrogen and oxygen atoms in total. The topological polar surface area (TPSA) is 373 Å². The second kappa shape index (κ2) is 65.9. The van der Waals surface area contributed by atoms with Crippen molar-refractivity contribution in [1.82, 2.24) is 10.6 Å². The molecule has 650 valence electrons. The summed E-state index contributed by atoms with van der Waals surface area (Å²) in [6, 6.07) is -2.62. The molecular weight excluding hydrogens is 1420 g/mol. The van der Waals surface area contributed by atoms with Crippen LogP contribution in [0.25, 0.3) is 0 Å². The Morgan fingerprint density at radius 2 is 0.874 bits per heavy atom. The number of carboxylic acids is 1. The minimum absolute atomic E-state index is 0.202. The van der Waals surface area contributed by atoms with Crippen LogP contribution in [0.15, 0.2) is 36.5 Å². The Hall–Kier alpha value is -3.05. The maximum atomic E-state index is 13.6. The average Bonchev–Trinajstić information content (AvgIpc) is 0.753. The van der Waals surface area contributed by atoms with Crippen LogP contribution in [0.1, 0.15) is 367 Å². The maximum Gasteiger partial charge on any atom is 0.364 e. The van der Waals surface area contributed by atoms with Gasteiger partial charge in [-0.1, -0.05) is 333 Å². The molecular formula is C88H162N2O21. The Balaban J connectivity index is 1.41. The molecule has 18 unspecified atom stereocenters. The van der Waals surface area contributed by atoms with Crippen LogP contribution in [0.2, 0.25) is 0 Å². The third-order valence-electron chi connectivity index (χ3n) is 22.6. The molecule has 0 aromatic heterocycles. The van der Waals surface area contributed by atoms with E-state index in [1.807, 2.05) is 6.08 Å². The molecule has 3 heterocycles. The van der Waals surface area contributed by atoms with Gasteiger partial charge in [-0.15, -0.1) is 0 Å². The predicted molar refractivity (Wildman–Crippen MR) is 435 cm³/mol. The van der Waals surface area contributed by atoms with E-state index < -0.39 is 155 Å². The van der Waals surface area contributed by atoms with Gasteiger partial charge in [0.05, 0.1) is 50.7 Å². The average molecular weight is 1580 g/mol. The second-order valence-electron chi connectivity index (χ2n) is 32.5. The highest BCUT2D eigenvalue weighted by Crippen LogP contribution is 2.39. The number of rotatable bonds is 72. The van der Waals surface area contributed by atoms with E-state index in [-0.39, 0.29) is 12.3 Å². The molecule has 3 fully saturated rings. The summed E-state index contributed by atoms with van der Waals surface area (Å²) in [6.07, 6.45) is 49.2. The van der Waals surface area contributed by atoms with Crippen LogP contribution in [-0.4, -0.2) is 215 Å². The van der Waals surface area contributed by atoms with Gasteiger partial charge in [0.2, 0.25) is 11.8 Å². The smallest absolute Gasteiger partial charge is 0.364 e. The summed E-state index contributed by atoms with van der Waals surface area (Å²) in [4.78, 5) is 38.7. The van der Waals surface area contributed by atoms with Crippen LogP contribution in [-0.2, 0) is 42.8 Å². The normalized spacial score (nSPS) is 25.6. The van der Waals surface area contributed by atoms with Gasteiger partial charge in [-0.05, 0) is 51.4 Å². The number of aliphatic hydroxyl groups excluding tert-OH is 11. The molecule has 111 heavy (non-hydrogen) atoms. The summed E-state index contributed by atoms with van der Waals surface area (Å²) in [5.41, 5.74) is 0. The molecule has 3 aliphatic rings. The van der Waals surface area contributed by atoms with Crippen LogP contribution < -0.4 is 10.6 Å². The number of carbonyl (C=O) groups excluding carboxylic acids is 2. The summed E-state index contributed by atoms with van der Waals surface area (Å²) < 4.78 is 34.9. The van der Waals surface area contributed by atoms with Crippen LogP contribution in [0.4, 0.5) is 0 Å². The molecule has 2 amide bonds. The van der Waals surface area contributed by atoms with Gasteiger partial charge in [-0.25, -0.2) is 4.79 Å². The standard InChI is InChI=1S/C88H162N2O21/c1-4-6-8-10-12-14-16-18-20-22-24-25-26-27-28-29-30-31-32-33-34-35-36-37-38-39-40-41-42-43-44-46-48-50-52-54-56-58-60-62-75(98)90-69(70(95)61-59-57-55-53-51-49-47-45-23-21-19-17-15-13-11-9-7-5-2)67-106-85-80(102)79(101)82(74(66-93)108-85)109-86-81(103)84(78(100)73(65-92)107-86)111-88(87(104)105)63-71(96)76(89-68(3)94)83(110-88)77(99)72(97)64-91/h30-31,33-34,59,61,69-74,76-86,91-93,95-97,99-103H,4-29,32,35-58,60,62-67H2,1-3H3,(H,89,94)(H,90,98)(H,104,105)/b31-30-,34-33-,61-59+. The molecule has 23 heteroatoms. The second-order valence-corrected chi connectivity index (χ2v) is 32.5. The van der Waals surface area contributed by atoms with Gasteiger partial charge < -0.3 is 100 Å². The van der Waals surface area contributed by atoms with E-state index in [0.717, 1.165) is 58.3 Å². The van der Waals surface area contributed by atoms with Gasteiger partial charge in [-0.2, -0.15) is 0 Å². The first kappa shape index (κ1) is 102. The van der Waals surface area contributed by atoms with E-state index in [4.69, 9.17) is 28.4 Å². The van der Waals surface area contributed by atoms with E-state index in [9.17, 15) is 75.7 Å². The van der Waals surface area contributed by atoms with Crippen LogP contribution in [0.5, 0.6) is 0 Å². The number of aliphatic carboxylic acids is 1. The van der Waals surface area contributed by atoms with Crippen LogP contribution in [0.3, 0.4) is 0 Å². The lowest BCUT2D eigenvalue weighted by atomic mass is 9.88. The summed E-state index contributed by atoms with van der Waals surface area (Å²) in [7, 11) is 0. The van der Waals surface area contributed by atoms with E-state index in [1.54, 1.807) is 6.08 Å². The Labute approximate surface area is 669 Å². The first-order chi connectivity index (χ1) is 53.9. The molecule has 3 rings (SSSR count). The number of aliphatic hydroxyl groups is 11. The zero-order valence-electron chi connectivity index (χ0n) is 69.3. The lowest BCUT2D eigenvalue weighted by Crippen LogP contribution is -2.70. The predicted octanol–water partition coefficient (Wildman–Crippen LogP) is 14.0. The zero-order valence-corrected chi connectivity index (χ0v) is 69.3. The number of carboxylic acid groups (broad SMARTS) is 1. The number of carbonyl (C=O) groups is 3. The molecule has 0 aromatic carbocycles. The van der Waals surface area contributed by atoms with Crippen molar-refractivity contribution in [2.45, 2.75) is 477 Å².